The van der Waals surface area contributed by atoms with Crippen molar-refractivity contribution in [3.05, 3.63) is 23.7 Å². The Morgan fingerprint density at radius 3 is 3.12 bits per heavy atom. The molecule has 16 heavy (non-hydrogen) atoms. The maximum absolute atomic E-state index is 10.7. The van der Waals surface area contributed by atoms with E-state index in [1.807, 2.05) is 11.8 Å². The quantitative estimate of drug-likeness (QED) is 0.876. The molecule has 4 nitrogen and oxygen atoms in total. The Kier molecular flexibility index (Phi) is 3.56. The second-order valence-corrected chi connectivity index (χ2v) is 5.12. The van der Waals surface area contributed by atoms with Crippen LogP contribution in [-0.4, -0.2) is 40.1 Å². The van der Waals surface area contributed by atoms with Gasteiger partial charge in [0.25, 0.3) is 0 Å². The molecule has 2 rings (SSSR count). The Balaban J connectivity index is 1.99. The highest BCUT2D eigenvalue weighted by atomic mass is 32.2. The van der Waals surface area contributed by atoms with Crippen molar-refractivity contribution < 1.29 is 14.3 Å². The van der Waals surface area contributed by atoms with Crippen LogP contribution in [0.4, 0.5) is 0 Å². The van der Waals surface area contributed by atoms with E-state index in [1.54, 1.807) is 6.07 Å². The van der Waals surface area contributed by atoms with Gasteiger partial charge in [-0.3, -0.25) is 4.90 Å². The first-order chi connectivity index (χ1) is 7.66. The summed E-state index contributed by atoms with van der Waals surface area (Å²) < 4.78 is 5.25. The Labute approximate surface area is 98.6 Å². The highest BCUT2D eigenvalue weighted by molar-refractivity contribution is 7.99. The Hall–Kier alpha value is -0.940. The van der Waals surface area contributed by atoms with Crippen molar-refractivity contribution >= 4 is 17.7 Å². The monoisotopic (exact) mass is 241 g/mol. The van der Waals surface area contributed by atoms with E-state index >= 15 is 0 Å². The van der Waals surface area contributed by atoms with Crippen LogP contribution in [0.1, 0.15) is 23.2 Å². The average Bonchev–Trinajstić information content (AvgIpc) is 2.70. The molecule has 1 atom stereocenters. The molecule has 1 unspecified atom stereocenters. The molecule has 88 valence electrons. The van der Waals surface area contributed by atoms with Gasteiger partial charge in [-0.05, 0) is 19.1 Å². The van der Waals surface area contributed by atoms with E-state index in [0.717, 1.165) is 23.8 Å². The number of rotatable bonds is 3. The minimum Gasteiger partial charge on any atom is -0.475 e. The number of carboxylic acids is 1. The number of carboxylic acid groups (broad SMARTS) is 1. The third-order valence-electron chi connectivity index (χ3n) is 2.74. The molecule has 0 aromatic carbocycles. The molecule has 0 bridgehead atoms. The van der Waals surface area contributed by atoms with Gasteiger partial charge in [0, 0.05) is 24.1 Å². The lowest BCUT2D eigenvalue weighted by molar-refractivity contribution is 0.0658. The minimum atomic E-state index is -1.01. The molecule has 5 heteroatoms. The topological polar surface area (TPSA) is 53.7 Å². The van der Waals surface area contributed by atoms with Crippen LogP contribution in [0.15, 0.2) is 16.5 Å². The van der Waals surface area contributed by atoms with Gasteiger partial charge in [0.15, 0.2) is 0 Å². The molecule has 0 saturated carbocycles. The summed E-state index contributed by atoms with van der Waals surface area (Å²) in [5, 5.41) is 8.75. The van der Waals surface area contributed by atoms with Gasteiger partial charge in [0.05, 0.1) is 6.54 Å². The molecule has 0 amide bonds. The van der Waals surface area contributed by atoms with Gasteiger partial charge in [-0.25, -0.2) is 4.79 Å². The van der Waals surface area contributed by atoms with E-state index in [0.29, 0.717) is 12.6 Å². The summed E-state index contributed by atoms with van der Waals surface area (Å²) in [6, 6.07) is 3.79. The first-order valence-corrected chi connectivity index (χ1v) is 6.46. The lowest BCUT2D eigenvalue weighted by atomic mass is 10.3. The molecular weight excluding hydrogens is 226 g/mol. The summed E-state index contributed by atoms with van der Waals surface area (Å²) >= 11 is 1.96. The summed E-state index contributed by atoms with van der Waals surface area (Å²) in [6.45, 7) is 3.93. The molecule has 0 radical (unpaired) electrons. The van der Waals surface area contributed by atoms with E-state index in [9.17, 15) is 4.79 Å². The number of aromatic carboxylic acids is 1. The Bertz CT molecular complexity index is 377. The predicted molar refractivity (Wildman–Crippen MR) is 62.9 cm³/mol. The van der Waals surface area contributed by atoms with Crippen molar-refractivity contribution in [3.8, 4) is 0 Å². The van der Waals surface area contributed by atoms with Gasteiger partial charge in [0.2, 0.25) is 5.76 Å². The first kappa shape index (κ1) is 11.5. The summed E-state index contributed by atoms with van der Waals surface area (Å²) in [6.07, 6.45) is 0. The van der Waals surface area contributed by atoms with Crippen LogP contribution in [0.3, 0.4) is 0 Å². The van der Waals surface area contributed by atoms with Crippen LogP contribution in [-0.2, 0) is 6.54 Å². The van der Waals surface area contributed by atoms with Crippen molar-refractivity contribution in [2.75, 3.05) is 18.1 Å². The number of furan rings is 1. The molecule has 1 aromatic rings. The first-order valence-electron chi connectivity index (χ1n) is 5.30. The van der Waals surface area contributed by atoms with Gasteiger partial charge < -0.3 is 9.52 Å². The van der Waals surface area contributed by atoms with Crippen LogP contribution in [0.2, 0.25) is 0 Å². The fourth-order valence-corrected chi connectivity index (χ4v) is 2.86. The van der Waals surface area contributed by atoms with E-state index in [-0.39, 0.29) is 5.76 Å². The molecule has 2 heterocycles. The van der Waals surface area contributed by atoms with Gasteiger partial charge in [-0.15, -0.1) is 0 Å². The molecule has 1 aliphatic rings. The van der Waals surface area contributed by atoms with Crippen LogP contribution in [0.25, 0.3) is 0 Å². The van der Waals surface area contributed by atoms with E-state index < -0.39 is 5.97 Å². The standard InChI is InChI=1S/C11H15NO3S/c1-8-7-16-5-4-12(8)6-9-2-3-10(15-9)11(13)14/h2-3,8H,4-7H2,1H3,(H,13,14). The summed E-state index contributed by atoms with van der Waals surface area (Å²) in [5.41, 5.74) is 0. The van der Waals surface area contributed by atoms with Crippen LogP contribution in [0.5, 0.6) is 0 Å². The maximum atomic E-state index is 10.7. The molecule has 1 saturated heterocycles. The van der Waals surface area contributed by atoms with Gasteiger partial charge >= 0.3 is 5.97 Å². The minimum absolute atomic E-state index is 0.0223. The van der Waals surface area contributed by atoms with Crippen molar-refractivity contribution in [2.45, 2.75) is 19.5 Å². The number of hydrogen-bond acceptors (Lipinski definition) is 4. The van der Waals surface area contributed by atoms with Gasteiger partial charge in [-0.1, -0.05) is 0 Å². The predicted octanol–water partition coefficient (Wildman–Crippen LogP) is 1.92. The number of hydrogen-bond donors (Lipinski definition) is 1. The number of carbonyl (C=O) groups is 1. The highest BCUT2D eigenvalue weighted by Gasteiger charge is 2.20. The van der Waals surface area contributed by atoms with Gasteiger partial charge in [-0.2, -0.15) is 11.8 Å². The molecule has 1 aliphatic heterocycles. The largest absolute Gasteiger partial charge is 0.475 e. The van der Waals surface area contributed by atoms with Crippen molar-refractivity contribution in [1.29, 1.82) is 0 Å². The lowest BCUT2D eigenvalue weighted by Gasteiger charge is -2.32. The molecule has 1 aromatic heterocycles. The molecule has 0 spiro atoms. The second kappa shape index (κ2) is 4.93. The zero-order valence-corrected chi connectivity index (χ0v) is 10.00. The average molecular weight is 241 g/mol. The fourth-order valence-electron chi connectivity index (χ4n) is 1.77. The van der Waals surface area contributed by atoms with Gasteiger partial charge in [0.1, 0.15) is 5.76 Å². The van der Waals surface area contributed by atoms with Crippen molar-refractivity contribution in [1.82, 2.24) is 4.90 Å². The maximum Gasteiger partial charge on any atom is 0.371 e. The van der Waals surface area contributed by atoms with E-state index in [2.05, 4.69) is 11.8 Å². The molecule has 1 N–H and O–H groups in total. The zero-order chi connectivity index (χ0) is 11.5. The van der Waals surface area contributed by atoms with E-state index in [1.165, 1.54) is 6.07 Å². The Morgan fingerprint density at radius 2 is 2.50 bits per heavy atom. The number of thioether (sulfide) groups is 1. The summed E-state index contributed by atoms with van der Waals surface area (Å²) in [7, 11) is 0. The third-order valence-corrected chi connectivity index (χ3v) is 3.93. The smallest absolute Gasteiger partial charge is 0.371 e. The van der Waals surface area contributed by atoms with E-state index in [4.69, 9.17) is 9.52 Å². The normalized spacial score (nSPS) is 22.2. The highest BCUT2D eigenvalue weighted by Crippen LogP contribution is 2.19. The van der Waals surface area contributed by atoms with Crippen LogP contribution in [0, 0.1) is 0 Å². The zero-order valence-electron chi connectivity index (χ0n) is 9.18. The fraction of sp³-hybridized carbons (Fsp3) is 0.545. The Morgan fingerprint density at radius 1 is 1.69 bits per heavy atom. The van der Waals surface area contributed by atoms with Crippen molar-refractivity contribution in [2.24, 2.45) is 0 Å². The molecule has 1 fully saturated rings. The second-order valence-electron chi connectivity index (χ2n) is 3.97. The SMILES string of the molecule is CC1CSCCN1Cc1ccc(C(=O)O)o1. The third kappa shape index (κ3) is 2.59. The molecular formula is C11H15NO3S. The van der Waals surface area contributed by atoms with Crippen molar-refractivity contribution in [3.63, 3.8) is 0 Å². The van der Waals surface area contributed by atoms with Crippen LogP contribution < -0.4 is 0 Å². The number of nitrogens with zero attached hydrogens (tertiary/aromatic N) is 1. The lowest BCUT2D eigenvalue weighted by Crippen LogP contribution is -2.39. The molecule has 0 aliphatic carbocycles. The summed E-state index contributed by atoms with van der Waals surface area (Å²) in [5.74, 6) is 2.02. The van der Waals surface area contributed by atoms with Crippen LogP contribution >= 0.6 is 11.8 Å². The summed E-state index contributed by atoms with van der Waals surface area (Å²) in [4.78, 5) is 13.0.